The molecule has 0 spiro atoms. The van der Waals surface area contributed by atoms with Gasteiger partial charge in [0.1, 0.15) is 0 Å². The smallest absolute Gasteiger partial charge is 0.194 e. The second-order valence-electron chi connectivity index (χ2n) is 4.64. The molecule has 0 aromatic heterocycles. The minimum Gasteiger partial charge on any atom is -0.289 e. The van der Waals surface area contributed by atoms with Crippen LogP contribution in [0.25, 0.3) is 0 Å². The van der Waals surface area contributed by atoms with Crippen LogP contribution >= 0.6 is 31.9 Å². The molecule has 0 radical (unpaired) electrons. The summed E-state index contributed by atoms with van der Waals surface area (Å²) in [6.45, 7) is 0. The Kier molecular flexibility index (Phi) is 3.61. The summed E-state index contributed by atoms with van der Waals surface area (Å²) >= 11 is 6.85. The maximum atomic E-state index is 12.5. The lowest BCUT2D eigenvalue weighted by atomic mass is 9.82. The summed E-state index contributed by atoms with van der Waals surface area (Å²) in [5, 5.41) is 1.31. The van der Waals surface area contributed by atoms with Crippen LogP contribution in [0.2, 0.25) is 0 Å². The molecule has 4 heteroatoms. The van der Waals surface area contributed by atoms with E-state index in [0.29, 0.717) is 32.9 Å². The normalized spacial score (nSPS) is 13.1. The number of carbonyl (C=O) groups is 2. The average Bonchev–Trinajstić information content (AvgIpc) is 2.51. The molecule has 0 fully saturated rings. The standard InChI is InChI=1S/C16H10Br2O2/c17-7-9-5-13-14(6-10(9)8-18)16(20)12-4-2-1-3-11(12)15(13)19/h1-6H,7-8H2. The fourth-order valence-corrected chi connectivity index (χ4v) is 3.53. The van der Waals surface area contributed by atoms with Crippen molar-refractivity contribution >= 4 is 43.4 Å². The minimum atomic E-state index is -0.0708. The lowest BCUT2D eigenvalue weighted by Crippen LogP contribution is -2.21. The van der Waals surface area contributed by atoms with E-state index in [0.717, 1.165) is 11.1 Å². The first-order chi connectivity index (χ1) is 9.67. The molecule has 1 aliphatic carbocycles. The Bertz CT molecular complexity index is 673. The fourth-order valence-electron chi connectivity index (χ4n) is 2.48. The molecule has 0 saturated heterocycles. The zero-order valence-electron chi connectivity index (χ0n) is 10.5. The zero-order chi connectivity index (χ0) is 14.3. The highest BCUT2D eigenvalue weighted by molar-refractivity contribution is 9.09. The first-order valence-corrected chi connectivity index (χ1v) is 8.37. The Labute approximate surface area is 133 Å². The molecule has 0 unspecified atom stereocenters. The van der Waals surface area contributed by atoms with Crippen LogP contribution < -0.4 is 0 Å². The molecule has 1 aliphatic rings. The molecule has 2 aromatic rings. The third kappa shape index (κ3) is 1.98. The van der Waals surface area contributed by atoms with Gasteiger partial charge in [-0.3, -0.25) is 9.59 Å². The van der Waals surface area contributed by atoms with Crippen LogP contribution in [0.1, 0.15) is 43.0 Å². The molecule has 0 N–H and O–H groups in total. The van der Waals surface area contributed by atoms with Gasteiger partial charge in [0.05, 0.1) is 0 Å². The summed E-state index contributed by atoms with van der Waals surface area (Å²) in [4.78, 5) is 25.1. The highest BCUT2D eigenvalue weighted by atomic mass is 79.9. The fraction of sp³-hybridized carbons (Fsp3) is 0.125. The van der Waals surface area contributed by atoms with Gasteiger partial charge < -0.3 is 0 Å². The van der Waals surface area contributed by atoms with Crippen LogP contribution in [0.4, 0.5) is 0 Å². The molecule has 0 atom stereocenters. The van der Waals surface area contributed by atoms with Gasteiger partial charge in [-0.2, -0.15) is 0 Å². The van der Waals surface area contributed by atoms with Crippen molar-refractivity contribution in [2.75, 3.05) is 0 Å². The molecule has 0 heterocycles. The molecular formula is C16H10Br2O2. The number of carbonyl (C=O) groups excluding carboxylic acids is 2. The second kappa shape index (κ2) is 5.26. The minimum absolute atomic E-state index is 0.0708. The van der Waals surface area contributed by atoms with Crippen molar-refractivity contribution in [2.24, 2.45) is 0 Å². The number of halogens is 2. The molecule has 0 amide bonds. The first kappa shape index (κ1) is 13.7. The third-order valence-electron chi connectivity index (χ3n) is 3.53. The van der Waals surface area contributed by atoms with Gasteiger partial charge in [-0.25, -0.2) is 0 Å². The third-order valence-corrected chi connectivity index (χ3v) is 4.74. The van der Waals surface area contributed by atoms with Crippen LogP contribution in [0.3, 0.4) is 0 Å². The van der Waals surface area contributed by atoms with E-state index in [1.165, 1.54) is 0 Å². The van der Waals surface area contributed by atoms with Gasteiger partial charge in [0.25, 0.3) is 0 Å². The van der Waals surface area contributed by atoms with Gasteiger partial charge in [0.15, 0.2) is 11.6 Å². The van der Waals surface area contributed by atoms with E-state index in [1.54, 1.807) is 24.3 Å². The molecule has 20 heavy (non-hydrogen) atoms. The van der Waals surface area contributed by atoms with E-state index < -0.39 is 0 Å². The Morgan fingerprint density at radius 3 is 1.45 bits per heavy atom. The van der Waals surface area contributed by atoms with Crippen LogP contribution in [0.5, 0.6) is 0 Å². The Balaban J connectivity index is 2.28. The van der Waals surface area contributed by atoms with Gasteiger partial charge in [-0.15, -0.1) is 0 Å². The summed E-state index contributed by atoms with van der Waals surface area (Å²) in [6.07, 6.45) is 0. The van der Waals surface area contributed by atoms with Crippen molar-refractivity contribution in [2.45, 2.75) is 10.7 Å². The largest absolute Gasteiger partial charge is 0.289 e. The molecule has 0 bridgehead atoms. The summed E-state index contributed by atoms with van der Waals surface area (Å²) < 4.78 is 0. The lowest BCUT2D eigenvalue weighted by molar-refractivity contribution is 0.0979. The van der Waals surface area contributed by atoms with Gasteiger partial charge in [-0.1, -0.05) is 56.1 Å². The maximum Gasteiger partial charge on any atom is 0.194 e. The quantitative estimate of drug-likeness (QED) is 0.610. The van der Waals surface area contributed by atoms with Crippen molar-refractivity contribution in [1.29, 1.82) is 0 Å². The summed E-state index contributed by atoms with van der Waals surface area (Å²) in [6, 6.07) is 10.7. The Morgan fingerprint density at radius 2 is 1.10 bits per heavy atom. The van der Waals surface area contributed by atoms with Crippen molar-refractivity contribution in [3.63, 3.8) is 0 Å². The molecule has 0 aliphatic heterocycles. The van der Waals surface area contributed by atoms with Crippen LogP contribution in [-0.4, -0.2) is 11.6 Å². The first-order valence-electron chi connectivity index (χ1n) is 6.13. The highest BCUT2D eigenvalue weighted by Crippen LogP contribution is 2.30. The van der Waals surface area contributed by atoms with Gasteiger partial charge in [0, 0.05) is 32.9 Å². The van der Waals surface area contributed by atoms with Crippen molar-refractivity contribution in [3.8, 4) is 0 Å². The monoisotopic (exact) mass is 392 g/mol. The maximum absolute atomic E-state index is 12.5. The molecule has 3 rings (SSSR count). The number of alkyl halides is 2. The lowest BCUT2D eigenvalue weighted by Gasteiger charge is -2.19. The number of fused-ring (bicyclic) bond motifs is 2. The SMILES string of the molecule is O=C1c2ccccc2C(=O)c2cc(CBr)c(CBr)cc21. The summed E-state index contributed by atoms with van der Waals surface area (Å²) in [7, 11) is 0. The molecular weight excluding hydrogens is 384 g/mol. The molecule has 2 nitrogen and oxygen atoms in total. The van der Waals surface area contributed by atoms with Crippen molar-refractivity contribution in [1.82, 2.24) is 0 Å². The molecule has 2 aromatic carbocycles. The number of hydrogen-bond acceptors (Lipinski definition) is 2. The van der Waals surface area contributed by atoms with E-state index in [4.69, 9.17) is 0 Å². The summed E-state index contributed by atoms with van der Waals surface area (Å²) in [5.41, 5.74) is 4.07. The van der Waals surface area contributed by atoms with Crippen LogP contribution in [-0.2, 0) is 10.7 Å². The number of ketones is 2. The number of benzene rings is 2. The molecule has 0 saturated carbocycles. The highest BCUT2D eigenvalue weighted by Gasteiger charge is 2.30. The van der Waals surface area contributed by atoms with E-state index >= 15 is 0 Å². The zero-order valence-corrected chi connectivity index (χ0v) is 13.6. The van der Waals surface area contributed by atoms with E-state index in [2.05, 4.69) is 31.9 Å². The van der Waals surface area contributed by atoms with E-state index in [9.17, 15) is 9.59 Å². The van der Waals surface area contributed by atoms with Crippen molar-refractivity contribution < 1.29 is 9.59 Å². The average molecular weight is 394 g/mol. The Hall–Kier alpha value is -1.26. The van der Waals surface area contributed by atoms with Crippen molar-refractivity contribution in [3.05, 3.63) is 69.8 Å². The Morgan fingerprint density at radius 1 is 0.700 bits per heavy atom. The molecule has 100 valence electrons. The topological polar surface area (TPSA) is 34.1 Å². The van der Waals surface area contributed by atoms with Crippen LogP contribution in [0.15, 0.2) is 36.4 Å². The van der Waals surface area contributed by atoms with Gasteiger partial charge >= 0.3 is 0 Å². The predicted octanol–water partition coefficient (Wildman–Crippen LogP) is 4.25. The van der Waals surface area contributed by atoms with Gasteiger partial charge in [0.2, 0.25) is 0 Å². The number of hydrogen-bond donors (Lipinski definition) is 0. The van der Waals surface area contributed by atoms with Crippen LogP contribution in [0, 0.1) is 0 Å². The predicted molar refractivity (Wildman–Crippen MR) is 85.0 cm³/mol. The van der Waals surface area contributed by atoms with E-state index in [1.807, 2.05) is 12.1 Å². The number of rotatable bonds is 2. The second-order valence-corrected chi connectivity index (χ2v) is 5.76. The van der Waals surface area contributed by atoms with Gasteiger partial charge in [-0.05, 0) is 23.3 Å². The summed E-state index contributed by atoms with van der Waals surface area (Å²) in [5.74, 6) is -0.142. The van der Waals surface area contributed by atoms with E-state index in [-0.39, 0.29) is 11.6 Å².